The summed E-state index contributed by atoms with van der Waals surface area (Å²) in [5.41, 5.74) is -0.588. The Morgan fingerprint density at radius 2 is 1.66 bits per heavy atom. The van der Waals surface area contributed by atoms with Crippen LogP contribution in [0.2, 0.25) is 0 Å². The van der Waals surface area contributed by atoms with Gasteiger partial charge < -0.3 is 20.3 Å². The fraction of sp³-hybridized carbons (Fsp3) is 0.176. The maximum Gasteiger partial charge on any atom is 0.329 e. The van der Waals surface area contributed by atoms with Crippen LogP contribution < -0.4 is 10.1 Å². The number of carbonyl (C=O) groups excluding carboxylic acids is 1. The number of carboxylic acids is 1. The Hall–Kier alpha value is -4.06. The van der Waals surface area contributed by atoms with Crippen LogP contribution in [0, 0.1) is 20.2 Å². The molecule has 0 aliphatic carbocycles. The molecule has 0 aromatic heterocycles. The summed E-state index contributed by atoms with van der Waals surface area (Å²) in [4.78, 5) is 43.5. The number of aliphatic hydroxyl groups is 1. The topological polar surface area (TPSA) is 182 Å². The predicted octanol–water partition coefficient (Wildman–Crippen LogP) is 1.18. The number of benzene rings is 2. The van der Waals surface area contributed by atoms with Crippen LogP contribution in [0.25, 0.3) is 0 Å². The van der Waals surface area contributed by atoms with Crippen LogP contribution in [0.15, 0.2) is 48.5 Å². The number of carboxylic acid groups (broad SMARTS) is 1. The van der Waals surface area contributed by atoms with Gasteiger partial charge in [-0.3, -0.25) is 25.0 Å². The number of non-ortho nitro benzene ring substituents is 2. The number of nitro groups is 2. The minimum Gasteiger partial charge on any atom is -0.484 e. The molecule has 2 rings (SSSR count). The van der Waals surface area contributed by atoms with Crippen molar-refractivity contribution >= 4 is 23.3 Å². The van der Waals surface area contributed by atoms with Gasteiger partial charge in [0.05, 0.1) is 9.85 Å². The van der Waals surface area contributed by atoms with Crippen molar-refractivity contribution < 1.29 is 34.4 Å². The molecule has 0 fully saturated rings. The molecule has 12 nitrogen and oxygen atoms in total. The van der Waals surface area contributed by atoms with Crippen molar-refractivity contribution in [3.8, 4) is 5.75 Å². The molecule has 0 aliphatic heterocycles. The van der Waals surface area contributed by atoms with Crippen molar-refractivity contribution in [1.29, 1.82) is 0 Å². The highest BCUT2D eigenvalue weighted by molar-refractivity contribution is 5.85. The SMILES string of the molecule is O=C(COc1ccc([N+](=O)[O-])cc1)N[C@H](C(=O)O)[C@@H](O)c1cccc([N+](=O)[O-])c1. The molecule has 152 valence electrons. The number of aliphatic carboxylic acids is 1. The van der Waals surface area contributed by atoms with Gasteiger partial charge in [0.1, 0.15) is 11.9 Å². The first kappa shape index (κ1) is 21.2. The second-order valence-corrected chi connectivity index (χ2v) is 5.72. The smallest absolute Gasteiger partial charge is 0.329 e. The van der Waals surface area contributed by atoms with E-state index in [-0.39, 0.29) is 22.7 Å². The summed E-state index contributed by atoms with van der Waals surface area (Å²) in [5, 5.41) is 43.0. The number of nitrogens with one attached hydrogen (secondary N) is 1. The molecule has 2 aromatic carbocycles. The molecule has 0 bridgehead atoms. The van der Waals surface area contributed by atoms with Gasteiger partial charge in [-0.1, -0.05) is 12.1 Å². The molecule has 29 heavy (non-hydrogen) atoms. The summed E-state index contributed by atoms with van der Waals surface area (Å²) >= 11 is 0. The minimum absolute atomic E-state index is 0.0665. The highest BCUT2D eigenvalue weighted by Gasteiger charge is 2.30. The van der Waals surface area contributed by atoms with Crippen LogP contribution >= 0.6 is 0 Å². The van der Waals surface area contributed by atoms with Crippen molar-refractivity contribution in [2.45, 2.75) is 12.1 Å². The third-order valence-corrected chi connectivity index (χ3v) is 3.74. The summed E-state index contributed by atoms with van der Waals surface area (Å²) in [6.07, 6.45) is -1.75. The molecule has 12 heteroatoms. The van der Waals surface area contributed by atoms with Gasteiger partial charge in [0.15, 0.2) is 12.6 Å². The van der Waals surface area contributed by atoms with Crippen molar-refractivity contribution in [3.05, 3.63) is 74.3 Å². The second-order valence-electron chi connectivity index (χ2n) is 5.72. The van der Waals surface area contributed by atoms with Gasteiger partial charge in [0, 0.05) is 24.3 Å². The zero-order chi connectivity index (χ0) is 21.6. The Kier molecular flexibility index (Phi) is 6.76. The maximum atomic E-state index is 12.0. The monoisotopic (exact) mass is 405 g/mol. The number of rotatable bonds is 9. The highest BCUT2D eigenvalue weighted by Crippen LogP contribution is 2.22. The fourth-order valence-corrected chi connectivity index (χ4v) is 2.32. The number of aliphatic hydroxyl groups excluding tert-OH is 1. The molecule has 2 aromatic rings. The first-order valence-electron chi connectivity index (χ1n) is 8.01. The van der Waals surface area contributed by atoms with Crippen LogP contribution in [0.4, 0.5) is 11.4 Å². The summed E-state index contributed by atoms with van der Waals surface area (Å²) in [5.74, 6) is -2.32. The molecule has 2 atom stereocenters. The lowest BCUT2D eigenvalue weighted by molar-refractivity contribution is -0.385. The molecule has 0 radical (unpaired) electrons. The van der Waals surface area contributed by atoms with Gasteiger partial charge in [0.25, 0.3) is 17.3 Å². The number of nitrogens with zero attached hydrogens (tertiary/aromatic N) is 2. The number of amides is 1. The molecule has 3 N–H and O–H groups in total. The van der Waals surface area contributed by atoms with E-state index in [4.69, 9.17) is 4.74 Å². The highest BCUT2D eigenvalue weighted by atomic mass is 16.6. The van der Waals surface area contributed by atoms with Gasteiger partial charge in [-0.2, -0.15) is 0 Å². The minimum atomic E-state index is -1.79. The van der Waals surface area contributed by atoms with E-state index in [1.165, 1.54) is 42.5 Å². The molecule has 0 aliphatic rings. The Balaban J connectivity index is 2.03. The third kappa shape index (κ3) is 5.71. The van der Waals surface area contributed by atoms with E-state index in [0.29, 0.717) is 0 Å². The third-order valence-electron chi connectivity index (χ3n) is 3.74. The van der Waals surface area contributed by atoms with Crippen LogP contribution in [0.1, 0.15) is 11.7 Å². The maximum absolute atomic E-state index is 12.0. The molecule has 0 spiro atoms. The fourth-order valence-electron chi connectivity index (χ4n) is 2.32. The normalized spacial score (nSPS) is 12.4. The number of hydrogen-bond donors (Lipinski definition) is 3. The van der Waals surface area contributed by atoms with Gasteiger partial charge >= 0.3 is 5.97 Å². The van der Waals surface area contributed by atoms with E-state index < -0.39 is 40.5 Å². The van der Waals surface area contributed by atoms with Gasteiger partial charge in [0.2, 0.25) is 0 Å². The molecule has 0 saturated heterocycles. The molecule has 0 unspecified atom stereocenters. The molecule has 1 amide bonds. The average molecular weight is 405 g/mol. The lowest BCUT2D eigenvalue weighted by Gasteiger charge is -2.20. The lowest BCUT2D eigenvalue weighted by atomic mass is 10.0. The quantitative estimate of drug-likeness (QED) is 0.407. The Labute approximate surface area is 162 Å². The van der Waals surface area contributed by atoms with Crippen molar-refractivity contribution in [2.75, 3.05) is 6.61 Å². The Morgan fingerprint density at radius 3 is 2.21 bits per heavy atom. The van der Waals surface area contributed by atoms with Crippen LogP contribution in [-0.4, -0.2) is 44.6 Å². The van der Waals surface area contributed by atoms with Gasteiger partial charge in [-0.15, -0.1) is 0 Å². The van der Waals surface area contributed by atoms with E-state index >= 15 is 0 Å². The molecule has 0 saturated carbocycles. The van der Waals surface area contributed by atoms with Crippen LogP contribution in [-0.2, 0) is 9.59 Å². The number of ether oxygens (including phenoxy) is 1. The standard InChI is InChI=1S/C17H15N3O9/c21-14(9-29-13-6-4-11(5-7-13)19(25)26)18-15(17(23)24)16(22)10-2-1-3-12(8-10)20(27)28/h1-8,15-16,22H,9H2,(H,18,21)(H,23,24)/t15-,16-/m0/s1. The molecular weight excluding hydrogens is 390 g/mol. The number of carbonyl (C=O) groups is 2. The molecule has 0 heterocycles. The predicted molar refractivity (Wildman–Crippen MR) is 96.2 cm³/mol. The van der Waals surface area contributed by atoms with Gasteiger partial charge in [-0.25, -0.2) is 4.79 Å². The number of hydrogen-bond acceptors (Lipinski definition) is 8. The second kappa shape index (κ2) is 9.23. The Bertz CT molecular complexity index is 930. The van der Waals surface area contributed by atoms with Gasteiger partial charge in [-0.05, 0) is 17.7 Å². The van der Waals surface area contributed by atoms with Crippen molar-refractivity contribution in [3.63, 3.8) is 0 Å². The first-order valence-corrected chi connectivity index (χ1v) is 8.01. The average Bonchev–Trinajstić information content (AvgIpc) is 2.70. The Morgan fingerprint density at radius 1 is 1.03 bits per heavy atom. The lowest BCUT2D eigenvalue weighted by Crippen LogP contribution is -2.46. The summed E-state index contributed by atoms with van der Waals surface area (Å²) in [6, 6.07) is 7.80. The summed E-state index contributed by atoms with van der Waals surface area (Å²) < 4.78 is 5.12. The van der Waals surface area contributed by atoms with E-state index in [1.54, 1.807) is 0 Å². The largest absolute Gasteiger partial charge is 0.484 e. The zero-order valence-corrected chi connectivity index (χ0v) is 14.6. The first-order chi connectivity index (χ1) is 13.7. The van der Waals surface area contributed by atoms with E-state index in [9.17, 15) is 40.0 Å². The van der Waals surface area contributed by atoms with E-state index in [2.05, 4.69) is 5.32 Å². The van der Waals surface area contributed by atoms with Crippen LogP contribution in [0.3, 0.4) is 0 Å². The zero-order valence-electron chi connectivity index (χ0n) is 14.6. The van der Waals surface area contributed by atoms with Crippen molar-refractivity contribution in [1.82, 2.24) is 5.32 Å². The summed E-state index contributed by atoms with van der Waals surface area (Å²) in [6.45, 7) is -0.622. The van der Waals surface area contributed by atoms with Crippen LogP contribution in [0.5, 0.6) is 5.75 Å². The number of nitro benzene ring substituents is 2. The van der Waals surface area contributed by atoms with E-state index in [1.807, 2.05) is 0 Å². The summed E-state index contributed by atoms with van der Waals surface area (Å²) in [7, 11) is 0. The van der Waals surface area contributed by atoms with Crippen molar-refractivity contribution in [2.24, 2.45) is 0 Å². The van der Waals surface area contributed by atoms with E-state index in [0.717, 1.165) is 6.07 Å². The molecular formula is C17H15N3O9.